The van der Waals surface area contributed by atoms with Crippen LogP contribution in [0, 0.1) is 0 Å². The van der Waals surface area contributed by atoms with Gasteiger partial charge in [-0.15, -0.1) is 0 Å². The van der Waals surface area contributed by atoms with Crippen LogP contribution in [0.2, 0.25) is 0 Å². The summed E-state index contributed by atoms with van der Waals surface area (Å²) in [5.74, 6) is 0. The summed E-state index contributed by atoms with van der Waals surface area (Å²) in [7, 11) is 0. The highest BCUT2D eigenvalue weighted by Crippen LogP contribution is 2.19. The van der Waals surface area contributed by atoms with Gasteiger partial charge in [0.05, 0.1) is 105 Å². The number of hydrogen-bond donors (Lipinski definition) is 0. The molecule has 0 aliphatic carbocycles. The van der Waals surface area contributed by atoms with Gasteiger partial charge in [-0.05, 0) is 145 Å². The molecular formula is C43H88O11. The summed E-state index contributed by atoms with van der Waals surface area (Å²) in [5, 5.41) is 0. The predicted octanol–water partition coefficient (Wildman–Crippen LogP) is 8.60. The molecule has 4 unspecified atom stereocenters. The molecular weight excluding hydrogens is 692 g/mol. The SMILES string of the molecule is CC(C)(C)OCC(COCC(COCC(COCC(COCC(COC(C)(C)C)OC(C)(C)C)OC(C)(C)C)OC(C)(C)C)OC(C)(C)C)OC(C)(C)C. The normalized spacial score (nSPS) is 17.1. The first-order chi connectivity index (χ1) is 24.1. The third-order valence-electron chi connectivity index (χ3n) is 6.44. The molecule has 0 fully saturated rings. The Labute approximate surface area is 332 Å². The maximum Gasteiger partial charge on any atom is 0.105 e. The van der Waals surface area contributed by atoms with Crippen LogP contribution < -0.4 is 0 Å². The van der Waals surface area contributed by atoms with Gasteiger partial charge in [0.1, 0.15) is 30.5 Å². The van der Waals surface area contributed by atoms with E-state index in [2.05, 4.69) is 0 Å². The van der Waals surface area contributed by atoms with E-state index >= 15 is 0 Å². The zero-order valence-electron chi connectivity index (χ0n) is 38.9. The molecule has 4 atom stereocenters. The summed E-state index contributed by atoms with van der Waals surface area (Å²) in [6.07, 6.45) is -1.38. The lowest BCUT2D eigenvalue weighted by molar-refractivity contribution is -0.172. The maximum absolute atomic E-state index is 6.37. The van der Waals surface area contributed by atoms with E-state index in [1.807, 2.05) is 145 Å². The quantitative estimate of drug-likeness (QED) is 0.0891. The van der Waals surface area contributed by atoms with Gasteiger partial charge in [0.15, 0.2) is 0 Å². The molecule has 0 heterocycles. The van der Waals surface area contributed by atoms with E-state index < -0.39 is 5.60 Å². The van der Waals surface area contributed by atoms with E-state index in [1.54, 1.807) is 0 Å². The molecule has 0 spiro atoms. The van der Waals surface area contributed by atoms with Crippen molar-refractivity contribution in [1.29, 1.82) is 0 Å². The van der Waals surface area contributed by atoms with Crippen LogP contribution in [0.1, 0.15) is 145 Å². The van der Waals surface area contributed by atoms with Crippen molar-refractivity contribution in [3.05, 3.63) is 0 Å². The van der Waals surface area contributed by atoms with Crippen molar-refractivity contribution in [3.8, 4) is 0 Å². The molecule has 0 amide bonds. The third kappa shape index (κ3) is 35.9. The highest BCUT2D eigenvalue weighted by atomic mass is 16.6. The fourth-order valence-electron chi connectivity index (χ4n) is 5.09. The van der Waals surface area contributed by atoms with E-state index in [1.165, 1.54) is 0 Å². The molecule has 0 aromatic rings. The van der Waals surface area contributed by atoms with Crippen molar-refractivity contribution in [2.45, 2.75) is 215 Å². The van der Waals surface area contributed by atoms with E-state index in [9.17, 15) is 0 Å². The molecule has 0 bridgehead atoms. The Hall–Kier alpha value is -0.440. The molecule has 0 rings (SSSR count). The fraction of sp³-hybridized carbons (Fsp3) is 1.00. The molecule has 11 heteroatoms. The topological polar surface area (TPSA) is 102 Å². The Morgan fingerprint density at radius 1 is 0.222 bits per heavy atom. The van der Waals surface area contributed by atoms with Gasteiger partial charge in [0, 0.05) is 0 Å². The average molecular weight is 781 g/mol. The second-order valence-corrected chi connectivity index (χ2v) is 21.3. The monoisotopic (exact) mass is 781 g/mol. The summed E-state index contributed by atoms with van der Waals surface area (Å²) in [6.45, 7) is 46.2. The van der Waals surface area contributed by atoms with Crippen molar-refractivity contribution in [2.75, 3.05) is 66.1 Å². The summed E-state index contributed by atoms with van der Waals surface area (Å²) < 4.78 is 68.5. The first kappa shape index (κ1) is 53.6. The van der Waals surface area contributed by atoms with E-state index in [4.69, 9.17) is 52.1 Å². The molecule has 11 nitrogen and oxygen atoms in total. The zero-order valence-corrected chi connectivity index (χ0v) is 38.9. The maximum atomic E-state index is 6.37. The minimum Gasteiger partial charge on any atom is -0.376 e. The molecule has 0 aromatic heterocycles. The molecule has 0 aliphatic rings. The van der Waals surface area contributed by atoms with Gasteiger partial charge in [0.2, 0.25) is 0 Å². The van der Waals surface area contributed by atoms with Crippen LogP contribution in [0.15, 0.2) is 0 Å². The molecule has 326 valence electrons. The van der Waals surface area contributed by atoms with Crippen LogP contribution >= 0.6 is 0 Å². The lowest BCUT2D eigenvalue weighted by atomic mass is 10.1. The van der Waals surface area contributed by atoms with Crippen LogP contribution in [0.3, 0.4) is 0 Å². The minimum atomic E-state index is -0.402. The second kappa shape index (κ2) is 23.2. The first-order valence-corrected chi connectivity index (χ1v) is 20.1. The summed E-state index contributed by atoms with van der Waals surface area (Å²) in [5.41, 5.74) is -2.39. The van der Waals surface area contributed by atoms with Gasteiger partial charge in [-0.2, -0.15) is 0 Å². The largest absolute Gasteiger partial charge is 0.376 e. The molecule has 0 radical (unpaired) electrons. The third-order valence-corrected chi connectivity index (χ3v) is 6.44. The first-order valence-electron chi connectivity index (χ1n) is 20.1. The predicted molar refractivity (Wildman–Crippen MR) is 218 cm³/mol. The Morgan fingerprint density at radius 2 is 0.370 bits per heavy atom. The van der Waals surface area contributed by atoms with Gasteiger partial charge >= 0.3 is 0 Å². The van der Waals surface area contributed by atoms with Gasteiger partial charge in [-0.1, -0.05) is 0 Å². The molecule has 54 heavy (non-hydrogen) atoms. The second-order valence-electron chi connectivity index (χ2n) is 21.3. The fourth-order valence-corrected chi connectivity index (χ4v) is 5.09. The summed E-state index contributed by atoms with van der Waals surface area (Å²) in [4.78, 5) is 0. The average Bonchev–Trinajstić information content (AvgIpc) is 2.89. The number of ether oxygens (including phenoxy) is 11. The summed E-state index contributed by atoms with van der Waals surface area (Å²) in [6, 6.07) is 0. The van der Waals surface area contributed by atoms with Crippen LogP contribution in [-0.4, -0.2) is 136 Å². The highest BCUT2D eigenvalue weighted by molar-refractivity contribution is 4.74. The van der Waals surface area contributed by atoms with Crippen molar-refractivity contribution in [1.82, 2.24) is 0 Å². The van der Waals surface area contributed by atoms with Gasteiger partial charge in [0.25, 0.3) is 0 Å². The van der Waals surface area contributed by atoms with E-state index in [-0.39, 0.29) is 64.1 Å². The molecule has 0 aromatic carbocycles. The van der Waals surface area contributed by atoms with E-state index in [0.29, 0.717) is 66.1 Å². The Balaban J connectivity index is 5.45. The Bertz CT molecular complexity index is 883. The smallest absolute Gasteiger partial charge is 0.105 e. The van der Waals surface area contributed by atoms with Crippen molar-refractivity contribution in [3.63, 3.8) is 0 Å². The Kier molecular flexibility index (Phi) is 23.0. The molecule has 0 aliphatic heterocycles. The number of hydrogen-bond acceptors (Lipinski definition) is 11. The summed E-state index contributed by atoms with van der Waals surface area (Å²) >= 11 is 0. The lowest BCUT2D eigenvalue weighted by Gasteiger charge is -2.32. The zero-order chi connectivity index (χ0) is 42.2. The van der Waals surface area contributed by atoms with Crippen molar-refractivity contribution >= 4 is 0 Å². The molecule has 0 saturated carbocycles. The molecule has 0 saturated heterocycles. The van der Waals surface area contributed by atoms with Crippen LogP contribution in [-0.2, 0) is 52.1 Å². The van der Waals surface area contributed by atoms with Crippen LogP contribution in [0.5, 0.6) is 0 Å². The minimum absolute atomic E-state index is 0.223. The van der Waals surface area contributed by atoms with E-state index in [0.717, 1.165) is 0 Å². The Morgan fingerprint density at radius 3 is 0.500 bits per heavy atom. The van der Waals surface area contributed by atoms with Crippen LogP contribution in [0.4, 0.5) is 0 Å². The number of rotatable bonds is 25. The van der Waals surface area contributed by atoms with Gasteiger partial charge < -0.3 is 52.1 Å². The van der Waals surface area contributed by atoms with Crippen LogP contribution in [0.25, 0.3) is 0 Å². The standard InChI is InChI=1S/C43H88O11/c1-37(2,3)48-30-35(53-42(16,17)18)28-46-26-33(51-40(10,11)12)24-44-22-32(50-39(7,8)9)23-45-25-34(52-41(13,14)15)27-47-29-36(54-43(19,20)21)31-49-38(4,5)6/h32-36H,22-31H2,1-21H3. The van der Waals surface area contributed by atoms with Gasteiger partial charge in [-0.3, -0.25) is 0 Å². The highest BCUT2D eigenvalue weighted by Gasteiger charge is 2.28. The lowest BCUT2D eigenvalue weighted by Crippen LogP contribution is -2.40. The van der Waals surface area contributed by atoms with Crippen molar-refractivity contribution < 1.29 is 52.1 Å². The van der Waals surface area contributed by atoms with Crippen molar-refractivity contribution in [2.24, 2.45) is 0 Å². The molecule has 0 N–H and O–H groups in total. The van der Waals surface area contributed by atoms with Gasteiger partial charge in [-0.25, -0.2) is 0 Å².